The second kappa shape index (κ2) is 7.17. The highest BCUT2D eigenvalue weighted by atomic mass is 35.5. The van der Waals surface area contributed by atoms with Crippen molar-refractivity contribution >= 4 is 23.3 Å². The van der Waals surface area contributed by atoms with Crippen LogP contribution >= 0.6 is 11.6 Å². The first kappa shape index (κ1) is 17.1. The van der Waals surface area contributed by atoms with E-state index >= 15 is 0 Å². The Hall–Kier alpha value is -1.95. The van der Waals surface area contributed by atoms with Gasteiger partial charge in [0.25, 0.3) is 5.91 Å². The summed E-state index contributed by atoms with van der Waals surface area (Å²) in [7, 11) is 0. The maximum absolute atomic E-state index is 12.2. The van der Waals surface area contributed by atoms with Crippen molar-refractivity contribution < 1.29 is 14.7 Å². The van der Waals surface area contributed by atoms with Gasteiger partial charge < -0.3 is 21.0 Å². The van der Waals surface area contributed by atoms with Crippen molar-refractivity contribution in [2.45, 2.75) is 38.8 Å². The summed E-state index contributed by atoms with van der Waals surface area (Å²) in [4.78, 5) is 12.2. The monoisotopic (exact) mass is 313 g/mol. The molecule has 0 saturated carbocycles. The minimum atomic E-state index is -0.933. The number of nitrogens with one attached hydrogen (secondary N) is 1. The van der Waals surface area contributed by atoms with Gasteiger partial charge in [0, 0.05) is 5.02 Å². The summed E-state index contributed by atoms with van der Waals surface area (Å²) in [5, 5.41) is 15.0. The first-order chi connectivity index (χ1) is 9.82. The van der Waals surface area contributed by atoms with Gasteiger partial charge in [0.05, 0.1) is 5.54 Å². The number of oxime groups is 1. The zero-order valence-corrected chi connectivity index (χ0v) is 13.0. The minimum Gasteiger partial charge on any atom is -0.481 e. The number of benzene rings is 1. The van der Waals surface area contributed by atoms with Crippen LogP contribution in [0.15, 0.2) is 29.4 Å². The van der Waals surface area contributed by atoms with Gasteiger partial charge in [-0.2, -0.15) is 0 Å². The fourth-order valence-corrected chi connectivity index (χ4v) is 1.80. The normalized spacial score (nSPS) is 15.9. The first-order valence-electron chi connectivity index (χ1n) is 6.54. The van der Waals surface area contributed by atoms with Crippen molar-refractivity contribution in [1.82, 2.24) is 5.32 Å². The molecule has 1 amide bonds. The predicted molar refractivity (Wildman–Crippen MR) is 81.8 cm³/mol. The fourth-order valence-electron chi connectivity index (χ4n) is 1.62. The summed E-state index contributed by atoms with van der Waals surface area (Å²) in [5.41, 5.74) is 4.68. The number of amides is 1. The lowest BCUT2D eigenvalue weighted by Gasteiger charge is -2.29. The van der Waals surface area contributed by atoms with Gasteiger partial charge in [-0.05, 0) is 38.5 Å². The number of amidine groups is 1. The lowest BCUT2D eigenvalue weighted by Crippen LogP contribution is -2.57. The SMILES string of the molecule is CCC(C)(NC(=O)C(C)Oc1cccc(Cl)c1)C(N)=NO. The maximum Gasteiger partial charge on any atom is 0.261 e. The molecule has 0 aliphatic carbocycles. The molecule has 0 fully saturated rings. The van der Waals surface area contributed by atoms with Crippen molar-refractivity contribution in [2.24, 2.45) is 10.9 Å². The van der Waals surface area contributed by atoms with Crippen LogP contribution in [0.2, 0.25) is 5.02 Å². The van der Waals surface area contributed by atoms with Gasteiger partial charge in [0.2, 0.25) is 0 Å². The van der Waals surface area contributed by atoms with Crippen molar-refractivity contribution in [3.8, 4) is 5.75 Å². The standard InChI is InChI=1S/C14H20ClN3O3/c1-4-14(3,13(16)18-20)17-12(19)9(2)21-11-7-5-6-10(15)8-11/h5-9,20H,4H2,1-3H3,(H2,16,18)(H,17,19). The number of ether oxygens (including phenoxy) is 1. The highest BCUT2D eigenvalue weighted by Crippen LogP contribution is 2.19. The van der Waals surface area contributed by atoms with Crippen molar-refractivity contribution in [3.63, 3.8) is 0 Å². The van der Waals surface area contributed by atoms with Gasteiger partial charge in [-0.3, -0.25) is 4.79 Å². The Bertz CT molecular complexity index is 536. The summed E-state index contributed by atoms with van der Waals surface area (Å²) in [6.07, 6.45) is -0.278. The summed E-state index contributed by atoms with van der Waals surface area (Å²) in [6, 6.07) is 6.77. The molecule has 0 bridgehead atoms. The number of nitrogens with two attached hydrogens (primary N) is 1. The smallest absolute Gasteiger partial charge is 0.261 e. The van der Waals surface area contributed by atoms with Gasteiger partial charge in [0.1, 0.15) is 5.75 Å². The van der Waals surface area contributed by atoms with E-state index in [2.05, 4.69) is 10.5 Å². The van der Waals surface area contributed by atoms with E-state index in [-0.39, 0.29) is 11.7 Å². The molecule has 0 spiro atoms. The van der Waals surface area contributed by atoms with Crippen LogP contribution < -0.4 is 15.8 Å². The fraction of sp³-hybridized carbons (Fsp3) is 0.429. The average Bonchev–Trinajstić information content (AvgIpc) is 2.46. The second-order valence-corrected chi connectivity index (χ2v) is 5.31. The molecule has 2 atom stereocenters. The lowest BCUT2D eigenvalue weighted by molar-refractivity contribution is -0.128. The summed E-state index contributed by atoms with van der Waals surface area (Å²) in [5.74, 6) is 0.0615. The second-order valence-electron chi connectivity index (χ2n) is 4.88. The maximum atomic E-state index is 12.2. The molecular formula is C14H20ClN3O3. The van der Waals surface area contributed by atoms with Crippen LogP contribution in [0.25, 0.3) is 0 Å². The van der Waals surface area contributed by atoms with Crippen LogP contribution in [0.4, 0.5) is 0 Å². The van der Waals surface area contributed by atoms with Crippen LogP contribution in [-0.2, 0) is 4.79 Å². The molecule has 2 unspecified atom stereocenters. The van der Waals surface area contributed by atoms with E-state index in [1.165, 1.54) is 0 Å². The molecule has 0 saturated heterocycles. The van der Waals surface area contributed by atoms with E-state index in [1.807, 2.05) is 6.92 Å². The van der Waals surface area contributed by atoms with Crippen LogP contribution in [0.5, 0.6) is 5.75 Å². The number of hydrogen-bond acceptors (Lipinski definition) is 4. The van der Waals surface area contributed by atoms with Crippen molar-refractivity contribution in [2.75, 3.05) is 0 Å². The van der Waals surface area contributed by atoms with Crippen LogP contribution in [0.1, 0.15) is 27.2 Å². The molecule has 6 nitrogen and oxygen atoms in total. The molecule has 0 aliphatic heterocycles. The van der Waals surface area contributed by atoms with Gasteiger partial charge >= 0.3 is 0 Å². The molecule has 21 heavy (non-hydrogen) atoms. The highest BCUT2D eigenvalue weighted by Gasteiger charge is 2.31. The van der Waals surface area contributed by atoms with E-state index in [4.69, 9.17) is 27.3 Å². The molecule has 0 heterocycles. The van der Waals surface area contributed by atoms with Crippen molar-refractivity contribution in [3.05, 3.63) is 29.3 Å². The predicted octanol–water partition coefficient (Wildman–Crippen LogP) is 2.14. The first-order valence-corrected chi connectivity index (χ1v) is 6.92. The third kappa shape index (κ3) is 4.53. The zero-order valence-electron chi connectivity index (χ0n) is 12.3. The summed E-state index contributed by atoms with van der Waals surface area (Å²) in [6.45, 7) is 5.10. The Labute approximate surface area is 128 Å². The van der Waals surface area contributed by atoms with E-state index in [9.17, 15) is 4.79 Å². The Morgan fingerprint density at radius 3 is 2.81 bits per heavy atom. The molecule has 1 aromatic rings. The Morgan fingerprint density at radius 1 is 1.62 bits per heavy atom. The Morgan fingerprint density at radius 2 is 2.29 bits per heavy atom. The van der Waals surface area contributed by atoms with Gasteiger partial charge in [-0.25, -0.2) is 0 Å². The lowest BCUT2D eigenvalue weighted by atomic mass is 9.97. The molecular weight excluding hydrogens is 294 g/mol. The Kier molecular flexibility index (Phi) is 5.84. The minimum absolute atomic E-state index is 0.0618. The molecule has 1 aromatic carbocycles. The molecule has 7 heteroatoms. The Balaban J connectivity index is 2.74. The van der Waals surface area contributed by atoms with Crippen molar-refractivity contribution in [1.29, 1.82) is 0 Å². The highest BCUT2D eigenvalue weighted by molar-refractivity contribution is 6.30. The molecule has 4 N–H and O–H groups in total. The largest absolute Gasteiger partial charge is 0.481 e. The summed E-state index contributed by atoms with van der Waals surface area (Å²) < 4.78 is 5.52. The topological polar surface area (TPSA) is 96.9 Å². The number of rotatable bonds is 6. The average molecular weight is 314 g/mol. The molecule has 116 valence electrons. The molecule has 0 radical (unpaired) electrons. The number of hydrogen-bond donors (Lipinski definition) is 3. The van der Waals surface area contributed by atoms with Gasteiger partial charge in [0.15, 0.2) is 11.9 Å². The number of carbonyl (C=O) groups excluding carboxylic acids is 1. The quantitative estimate of drug-likeness (QED) is 0.324. The van der Waals surface area contributed by atoms with Crippen LogP contribution in [0, 0.1) is 0 Å². The zero-order chi connectivity index (χ0) is 16.0. The molecule has 0 aromatic heterocycles. The third-order valence-electron chi connectivity index (χ3n) is 3.26. The van der Waals surface area contributed by atoms with E-state index < -0.39 is 11.6 Å². The van der Waals surface area contributed by atoms with Crippen LogP contribution in [-0.4, -0.2) is 28.6 Å². The van der Waals surface area contributed by atoms with Gasteiger partial charge in [-0.15, -0.1) is 0 Å². The molecule has 1 rings (SSSR count). The van der Waals surface area contributed by atoms with Gasteiger partial charge in [-0.1, -0.05) is 29.7 Å². The molecule has 0 aliphatic rings. The number of carbonyl (C=O) groups is 1. The number of halogens is 1. The number of nitrogens with zero attached hydrogens (tertiary/aromatic N) is 1. The van der Waals surface area contributed by atoms with E-state index in [0.717, 1.165) is 0 Å². The van der Waals surface area contributed by atoms with Crippen LogP contribution in [0.3, 0.4) is 0 Å². The van der Waals surface area contributed by atoms with E-state index in [0.29, 0.717) is 17.2 Å². The summed E-state index contributed by atoms with van der Waals surface area (Å²) >= 11 is 5.86. The third-order valence-corrected chi connectivity index (χ3v) is 3.49. The van der Waals surface area contributed by atoms with E-state index in [1.54, 1.807) is 38.1 Å².